The van der Waals surface area contributed by atoms with Crippen LogP contribution in [0.25, 0.3) is 5.76 Å². The second kappa shape index (κ2) is 7.82. The topological polar surface area (TPSA) is 171 Å². The van der Waals surface area contributed by atoms with Gasteiger partial charge in [-0.1, -0.05) is 12.0 Å². The van der Waals surface area contributed by atoms with Gasteiger partial charge in [-0.2, -0.15) is 0 Å². The molecule has 9 nitrogen and oxygen atoms in total. The second-order valence-electron chi connectivity index (χ2n) is 8.86. The van der Waals surface area contributed by atoms with Crippen LogP contribution in [0.2, 0.25) is 0 Å². The summed E-state index contributed by atoms with van der Waals surface area (Å²) in [6.07, 6.45) is 1.49. The lowest BCUT2D eigenvalue weighted by atomic mass is 9.59. The molecule has 3 unspecified atom stereocenters. The summed E-state index contributed by atoms with van der Waals surface area (Å²) in [5.41, 5.74) is 3.16. The minimum Gasteiger partial charge on any atom is -0.508 e. The number of primary amides is 1. The molecule has 3 aliphatic carbocycles. The number of ketones is 2. The van der Waals surface area contributed by atoms with Gasteiger partial charge >= 0.3 is 0 Å². The average Bonchev–Trinajstić information content (AvgIpc) is 2.81. The first-order valence-electron chi connectivity index (χ1n) is 10.9. The van der Waals surface area contributed by atoms with Crippen molar-refractivity contribution in [3.8, 4) is 17.6 Å². The van der Waals surface area contributed by atoms with Gasteiger partial charge in [0.1, 0.15) is 28.5 Å². The minimum atomic E-state index is -2.58. The van der Waals surface area contributed by atoms with Crippen molar-refractivity contribution in [1.29, 1.82) is 0 Å². The highest BCUT2D eigenvalue weighted by molar-refractivity contribution is 6.22. The molecule has 2 aromatic rings. The number of phenolic OH excluding ortho intramolecular Hbond substituents is 1. The van der Waals surface area contributed by atoms with Crippen LogP contribution in [-0.4, -0.2) is 48.5 Å². The number of phenols is 1. The number of fused-ring (bicyclic) bond motifs is 3. The van der Waals surface area contributed by atoms with E-state index in [4.69, 9.17) is 5.73 Å². The first kappa shape index (κ1) is 22.4. The molecule has 0 aliphatic heterocycles. The maximum absolute atomic E-state index is 13.5. The Labute approximate surface area is 199 Å². The molecule has 1 saturated carbocycles. The van der Waals surface area contributed by atoms with Crippen LogP contribution < -0.4 is 5.73 Å². The molecule has 1 heterocycles. The van der Waals surface area contributed by atoms with E-state index in [-0.39, 0.29) is 36.1 Å². The van der Waals surface area contributed by atoms with Crippen molar-refractivity contribution in [1.82, 2.24) is 4.98 Å². The van der Waals surface area contributed by atoms with Gasteiger partial charge in [-0.05, 0) is 54.5 Å². The van der Waals surface area contributed by atoms with E-state index >= 15 is 0 Å². The molecule has 1 aromatic heterocycles. The van der Waals surface area contributed by atoms with Crippen molar-refractivity contribution >= 4 is 23.2 Å². The molecule has 35 heavy (non-hydrogen) atoms. The molecule has 3 atom stereocenters. The fraction of sp³-hybridized carbons (Fsp3) is 0.231. The van der Waals surface area contributed by atoms with E-state index in [2.05, 4.69) is 16.8 Å². The Balaban J connectivity index is 1.66. The van der Waals surface area contributed by atoms with E-state index in [0.717, 1.165) is 0 Å². The van der Waals surface area contributed by atoms with Crippen molar-refractivity contribution in [3.05, 3.63) is 75.8 Å². The summed E-state index contributed by atoms with van der Waals surface area (Å²) in [5, 5.41) is 43.5. The van der Waals surface area contributed by atoms with Gasteiger partial charge in [0.05, 0.1) is 5.56 Å². The van der Waals surface area contributed by atoms with Gasteiger partial charge in [0, 0.05) is 29.7 Å². The number of carbonyl (C=O) groups excluding carboxylic acids is 3. The number of benzene rings is 1. The number of rotatable bonds is 1. The van der Waals surface area contributed by atoms with Crippen LogP contribution in [0, 0.1) is 23.7 Å². The standard InChI is InChI=1S/C26H20N2O7/c27-25(34)21-18(30)11-14-9-13-10-16-12(4-6-15-3-1-2-8-28-15)5-7-17(29)20(16)22(31)19(13)23(32)26(14,35)24(21)33/h1-3,5,7-8,13-14,29,31,33,35H,9-11H2,(H2,27,34). The normalized spacial score (nSPS) is 25.3. The van der Waals surface area contributed by atoms with Crippen LogP contribution in [0.4, 0.5) is 0 Å². The number of nitrogens with zero attached hydrogens (tertiary/aromatic N) is 1. The number of aromatic nitrogens is 1. The Morgan fingerprint density at radius 2 is 1.86 bits per heavy atom. The Morgan fingerprint density at radius 3 is 2.54 bits per heavy atom. The summed E-state index contributed by atoms with van der Waals surface area (Å²) < 4.78 is 0. The fourth-order valence-corrected chi connectivity index (χ4v) is 5.31. The first-order valence-corrected chi connectivity index (χ1v) is 10.9. The van der Waals surface area contributed by atoms with Gasteiger partial charge in [0.25, 0.3) is 5.91 Å². The molecule has 1 aromatic carbocycles. The number of aliphatic hydroxyl groups is 3. The van der Waals surface area contributed by atoms with Gasteiger partial charge in [0.15, 0.2) is 11.4 Å². The molecule has 0 bridgehead atoms. The van der Waals surface area contributed by atoms with Crippen LogP contribution in [0.5, 0.6) is 5.75 Å². The summed E-state index contributed by atoms with van der Waals surface area (Å²) in [7, 11) is 0. The van der Waals surface area contributed by atoms with Crippen LogP contribution in [0.1, 0.15) is 35.2 Å². The smallest absolute Gasteiger partial charge is 0.255 e. The SMILES string of the molecule is NC(=O)C1=C(O)C2(O)C(=O)C3=C(O)c4c(O)ccc(C#Cc5ccccn5)c4CC3CC2CC1=O. The highest BCUT2D eigenvalue weighted by Gasteiger charge is 2.60. The van der Waals surface area contributed by atoms with E-state index < -0.39 is 52.0 Å². The number of Topliss-reactive ketones (excluding diaryl/α,β-unsaturated/α-hetero) is 2. The molecule has 176 valence electrons. The number of hydrogen-bond donors (Lipinski definition) is 5. The van der Waals surface area contributed by atoms with E-state index in [9.17, 15) is 34.8 Å². The summed E-state index contributed by atoms with van der Waals surface area (Å²) in [5.74, 6) is -0.686. The number of aromatic hydroxyl groups is 1. The van der Waals surface area contributed by atoms with Gasteiger partial charge in [0.2, 0.25) is 5.78 Å². The third kappa shape index (κ3) is 3.22. The number of pyridine rings is 1. The Bertz CT molecular complexity index is 1450. The number of carbonyl (C=O) groups is 3. The molecule has 6 N–H and O–H groups in total. The van der Waals surface area contributed by atoms with Crippen LogP contribution in [-0.2, 0) is 20.8 Å². The quantitative estimate of drug-likeness (QED) is 0.304. The van der Waals surface area contributed by atoms with E-state index in [1.807, 2.05) is 0 Å². The molecule has 9 heteroatoms. The van der Waals surface area contributed by atoms with Crippen molar-refractivity contribution in [2.75, 3.05) is 0 Å². The molecule has 0 spiro atoms. The highest BCUT2D eigenvalue weighted by Crippen LogP contribution is 2.52. The van der Waals surface area contributed by atoms with Gasteiger partial charge in [-0.25, -0.2) is 4.98 Å². The summed E-state index contributed by atoms with van der Waals surface area (Å²) in [4.78, 5) is 41.8. The zero-order valence-electron chi connectivity index (χ0n) is 18.3. The van der Waals surface area contributed by atoms with Crippen molar-refractivity contribution in [3.63, 3.8) is 0 Å². The predicted octanol–water partition coefficient (Wildman–Crippen LogP) is 1.22. The maximum atomic E-state index is 13.5. The third-order valence-electron chi connectivity index (χ3n) is 6.94. The van der Waals surface area contributed by atoms with E-state index in [1.54, 1.807) is 30.5 Å². The summed E-state index contributed by atoms with van der Waals surface area (Å²) >= 11 is 0. The molecule has 1 amide bonds. The van der Waals surface area contributed by atoms with Crippen LogP contribution in [0.15, 0.2) is 53.4 Å². The molecule has 0 radical (unpaired) electrons. The zero-order chi connectivity index (χ0) is 25.1. The molecular formula is C26H20N2O7. The lowest BCUT2D eigenvalue weighted by molar-refractivity contribution is -0.147. The zero-order valence-corrected chi connectivity index (χ0v) is 18.3. The first-order chi connectivity index (χ1) is 16.6. The largest absolute Gasteiger partial charge is 0.508 e. The molecule has 0 saturated heterocycles. The number of aliphatic hydroxyl groups excluding tert-OH is 2. The Kier molecular flexibility index (Phi) is 5.00. The lowest BCUT2D eigenvalue weighted by Gasteiger charge is -2.46. The third-order valence-corrected chi connectivity index (χ3v) is 6.94. The van der Waals surface area contributed by atoms with E-state index in [1.165, 1.54) is 6.07 Å². The maximum Gasteiger partial charge on any atom is 0.255 e. The second-order valence-corrected chi connectivity index (χ2v) is 8.86. The molecule has 3 aliphatic rings. The fourth-order valence-electron chi connectivity index (χ4n) is 5.31. The van der Waals surface area contributed by atoms with Gasteiger partial charge < -0.3 is 26.2 Å². The molecule has 1 fully saturated rings. The molecule has 5 rings (SSSR count). The van der Waals surface area contributed by atoms with Crippen molar-refractivity contribution in [2.45, 2.75) is 24.9 Å². The van der Waals surface area contributed by atoms with Crippen molar-refractivity contribution in [2.24, 2.45) is 17.6 Å². The number of nitrogens with two attached hydrogens (primary N) is 1. The lowest BCUT2D eigenvalue weighted by Crippen LogP contribution is -2.58. The highest BCUT2D eigenvalue weighted by atomic mass is 16.3. The summed E-state index contributed by atoms with van der Waals surface area (Å²) in [6.45, 7) is 0. The van der Waals surface area contributed by atoms with Crippen LogP contribution >= 0.6 is 0 Å². The van der Waals surface area contributed by atoms with Gasteiger partial charge in [-0.15, -0.1) is 0 Å². The van der Waals surface area contributed by atoms with E-state index in [0.29, 0.717) is 16.8 Å². The number of amides is 1. The van der Waals surface area contributed by atoms with Gasteiger partial charge in [-0.3, -0.25) is 14.4 Å². The Morgan fingerprint density at radius 1 is 1.09 bits per heavy atom. The Hall–Kier alpha value is -4.42. The van der Waals surface area contributed by atoms with Crippen LogP contribution in [0.3, 0.4) is 0 Å². The minimum absolute atomic E-state index is 0.00458. The predicted molar refractivity (Wildman–Crippen MR) is 122 cm³/mol. The average molecular weight is 472 g/mol. The van der Waals surface area contributed by atoms with Crippen molar-refractivity contribution < 1.29 is 34.8 Å². The number of hydrogen-bond acceptors (Lipinski definition) is 8. The monoisotopic (exact) mass is 472 g/mol. The summed E-state index contributed by atoms with van der Waals surface area (Å²) in [6, 6.07) is 8.22. The molecular weight excluding hydrogens is 452 g/mol.